The minimum Gasteiger partial charge on any atom is -0.378 e. The minimum atomic E-state index is -1.19. The number of nitrogens with one attached hydrogen (secondary N) is 2. The molecule has 0 aliphatic carbocycles. The van der Waals surface area contributed by atoms with E-state index in [2.05, 4.69) is 53.8 Å². The number of unbranched alkanes of at least 4 members (excludes halogenated alkanes) is 4. The van der Waals surface area contributed by atoms with E-state index in [1.807, 2.05) is 0 Å². The maximum absolute atomic E-state index is 11.6. The zero-order valence-corrected chi connectivity index (χ0v) is 27.2. The van der Waals surface area contributed by atoms with E-state index in [4.69, 9.17) is 30.5 Å². The van der Waals surface area contributed by atoms with Crippen molar-refractivity contribution in [3.8, 4) is 0 Å². The summed E-state index contributed by atoms with van der Waals surface area (Å²) in [6, 6.07) is 0. The van der Waals surface area contributed by atoms with E-state index >= 15 is 0 Å². The molecule has 0 radical (unpaired) electrons. The van der Waals surface area contributed by atoms with Crippen molar-refractivity contribution in [2.75, 3.05) is 51.0 Å². The molecule has 0 aliphatic rings. The molecule has 0 aromatic rings. The molecule has 0 bridgehead atoms. The van der Waals surface area contributed by atoms with Gasteiger partial charge in [0, 0.05) is 24.6 Å². The fourth-order valence-electron chi connectivity index (χ4n) is 2.89. The summed E-state index contributed by atoms with van der Waals surface area (Å²) < 4.78 is 10.6. The summed E-state index contributed by atoms with van der Waals surface area (Å²) in [7, 11) is 0. The third-order valence-corrected chi connectivity index (χ3v) is 6.37. The second-order valence-electron chi connectivity index (χ2n) is 9.66. The second kappa shape index (κ2) is 35.2. The van der Waals surface area contributed by atoms with E-state index in [1.54, 1.807) is 0 Å². The summed E-state index contributed by atoms with van der Waals surface area (Å²) in [4.78, 5) is 47.9. The predicted molar refractivity (Wildman–Crippen MR) is 167 cm³/mol. The zero-order valence-electron chi connectivity index (χ0n) is 25.6. The zero-order chi connectivity index (χ0) is 32.4. The van der Waals surface area contributed by atoms with Gasteiger partial charge < -0.3 is 31.6 Å². The van der Waals surface area contributed by atoms with Crippen molar-refractivity contribution in [1.29, 1.82) is 0 Å². The van der Waals surface area contributed by atoms with Gasteiger partial charge in [0.2, 0.25) is 0 Å². The van der Waals surface area contributed by atoms with Crippen molar-refractivity contribution in [2.45, 2.75) is 79.1 Å². The van der Waals surface area contributed by atoms with Crippen molar-refractivity contribution in [2.24, 2.45) is 23.3 Å². The van der Waals surface area contributed by atoms with Gasteiger partial charge in [0.15, 0.2) is 0 Å². The molecular weight excluding hydrogens is 592 g/mol. The molecule has 0 aliphatic heterocycles. The number of primary amides is 2. The fraction of sp³-hybridized carbons (Fsp3) is 0.846. The highest BCUT2D eigenvalue weighted by atomic mass is 32.2. The molecule has 250 valence electrons. The number of amides is 4. The van der Waals surface area contributed by atoms with Crippen LogP contribution in [0.1, 0.15) is 79.1 Å². The van der Waals surface area contributed by atoms with Crippen LogP contribution in [-0.2, 0) is 19.2 Å². The van der Waals surface area contributed by atoms with Crippen LogP contribution >= 0.6 is 23.5 Å². The summed E-state index contributed by atoms with van der Waals surface area (Å²) in [5, 5.41) is 20.0. The molecule has 0 fully saturated rings. The Morgan fingerprint density at radius 3 is 1.52 bits per heavy atom. The van der Waals surface area contributed by atoms with Gasteiger partial charge in [0.1, 0.15) is 0 Å². The number of thioether (sulfide) groups is 2. The topological polar surface area (TPSA) is 222 Å². The Hall–Kier alpha value is -1.98. The van der Waals surface area contributed by atoms with Gasteiger partial charge in [0.05, 0.1) is 26.4 Å². The molecule has 4 amide bonds. The normalized spacial score (nSPS) is 10.2. The molecule has 0 rings (SSSR count). The van der Waals surface area contributed by atoms with E-state index < -0.39 is 12.2 Å². The van der Waals surface area contributed by atoms with Crippen molar-refractivity contribution in [3.05, 3.63) is 0 Å². The largest absolute Gasteiger partial charge is 0.438 e. The number of carbonyl (C=O) groups is 4. The summed E-state index contributed by atoms with van der Waals surface area (Å²) >= 11 is 2.29. The Labute approximate surface area is 258 Å². The molecule has 8 N–H and O–H groups in total. The lowest BCUT2D eigenvalue weighted by molar-refractivity contribution is -0.177. The third-order valence-electron chi connectivity index (χ3n) is 4.93. The van der Waals surface area contributed by atoms with E-state index in [9.17, 15) is 14.4 Å². The first kappa shape index (κ1) is 44.5. The lowest BCUT2D eigenvalue weighted by atomic mass is 10.1. The Bertz CT molecular complexity index is 663. The number of hydrogen-bond donors (Lipinski definition) is 6. The van der Waals surface area contributed by atoms with Gasteiger partial charge >= 0.3 is 12.2 Å². The Morgan fingerprint density at radius 1 is 0.667 bits per heavy atom. The van der Waals surface area contributed by atoms with Crippen molar-refractivity contribution < 1.29 is 48.9 Å². The van der Waals surface area contributed by atoms with Crippen LogP contribution in [0.2, 0.25) is 0 Å². The maximum atomic E-state index is 11.6. The van der Waals surface area contributed by atoms with Crippen LogP contribution in [0.15, 0.2) is 0 Å². The molecule has 16 heteroatoms. The molecule has 0 unspecified atom stereocenters. The Balaban J connectivity index is -0.000000702. The summed E-state index contributed by atoms with van der Waals surface area (Å²) in [6.45, 7) is 12.1. The third kappa shape index (κ3) is 47.8. The first-order valence-electron chi connectivity index (χ1n) is 14.1. The molecule has 0 saturated carbocycles. The highest BCUT2D eigenvalue weighted by Gasteiger charge is 2.02. The smallest absolute Gasteiger partial charge is 0.378 e. The molecule has 0 heterocycles. The number of ether oxygens (including phenoxy) is 2. The lowest BCUT2D eigenvalue weighted by Gasteiger charge is -2.07. The average Bonchev–Trinajstić information content (AvgIpc) is 2.93. The number of rotatable bonds is 21. The Morgan fingerprint density at radius 2 is 1.12 bits per heavy atom. The number of nitrogens with two attached hydrogens (primary N) is 2. The summed E-state index contributed by atoms with van der Waals surface area (Å²) in [5.74, 6) is 2.70. The molecule has 0 saturated heterocycles. The molecule has 0 spiro atoms. The van der Waals surface area contributed by atoms with Crippen molar-refractivity contribution in [1.82, 2.24) is 10.6 Å². The highest BCUT2D eigenvalue weighted by molar-refractivity contribution is 8.13. The van der Waals surface area contributed by atoms with Crippen molar-refractivity contribution in [3.63, 3.8) is 0 Å². The quantitative estimate of drug-likeness (QED) is 0.0521. The first-order valence-corrected chi connectivity index (χ1v) is 16.1. The minimum absolute atomic E-state index is 0.0159. The summed E-state index contributed by atoms with van der Waals surface area (Å²) in [6.07, 6.45) is 7.19. The predicted octanol–water partition coefficient (Wildman–Crippen LogP) is 5.45. The Kier molecular flexibility index (Phi) is 37.3. The fourth-order valence-corrected chi connectivity index (χ4v) is 3.88. The highest BCUT2D eigenvalue weighted by Crippen LogP contribution is 2.08. The molecular formula is C26H54N4O10S2. The van der Waals surface area contributed by atoms with Crippen LogP contribution in [0, 0.1) is 11.8 Å². The molecule has 42 heavy (non-hydrogen) atoms. The second-order valence-corrected chi connectivity index (χ2v) is 11.8. The van der Waals surface area contributed by atoms with Gasteiger partial charge in [-0.15, -0.1) is 0 Å². The monoisotopic (exact) mass is 646 g/mol. The average molecular weight is 647 g/mol. The SMILES string of the molecule is CC(C)CCCCCNC(=O)OO.CC(C)CCCCCNC(=O)SCCOCCOCCSC(N)=O.NC(=O)OO. The van der Waals surface area contributed by atoms with Crippen LogP contribution in [-0.4, -0.2) is 84.2 Å². The van der Waals surface area contributed by atoms with Gasteiger partial charge in [-0.1, -0.05) is 89.7 Å². The first-order chi connectivity index (χ1) is 20.0. The van der Waals surface area contributed by atoms with Crippen molar-refractivity contribution >= 4 is 46.2 Å². The van der Waals surface area contributed by atoms with E-state index in [0.29, 0.717) is 44.5 Å². The van der Waals surface area contributed by atoms with E-state index in [0.717, 1.165) is 49.4 Å². The molecule has 0 atom stereocenters. The molecule has 0 aromatic heterocycles. The number of carbonyl (C=O) groups excluding carboxylic acids is 4. The lowest BCUT2D eigenvalue weighted by Crippen LogP contribution is -2.24. The van der Waals surface area contributed by atoms with Gasteiger partial charge in [-0.25, -0.2) is 9.59 Å². The van der Waals surface area contributed by atoms with Gasteiger partial charge in [-0.3, -0.25) is 19.4 Å². The maximum Gasteiger partial charge on any atom is 0.438 e. The van der Waals surface area contributed by atoms with E-state index in [1.165, 1.54) is 43.9 Å². The molecule has 14 nitrogen and oxygen atoms in total. The van der Waals surface area contributed by atoms with Crippen LogP contribution in [0.5, 0.6) is 0 Å². The van der Waals surface area contributed by atoms with Gasteiger partial charge in [0.25, 0.3) is 10.5 Å². The van der Waals surface area contributed by atoms with Crippen LogP contribution in [0.4, 0.5) is 19.2 Å². The van der Waals surface area contributed by atoms with Gasteiger partial charge in [-0.05, 0) is 24.7 Å². The number of hydrogen-bond acceptors (Lipinski definition) is 12. The molecule has 0 aromatic carbocycles. The van der Waals surface area contributed by atoms with Gasteiger partial charge in [-0.2, -0.15) is 10.5 Å². The van der Waals surface area contributed by atoms with Crippen LogP contribution in [0.3, 0.4) is 0 Å². The summed E-state index contributed by atoms with van der Waals surface area (Å²) in [5.41, 5.74) is 9.16. The standard InChI is InChI=1S/C16H32N2O4S2.C9H19NO3.CH3NO3/c1-14(2)6-4-3-5-7-18-16(20)24-13-11-22-9-8-21-10-12-23-15(17)19;1-8(2)6-4-3-5-7-10-9(11)13-12;2-1(3)5-4/h14H,3-13H2,1-2H3,(H2,17,19)(H,18,20);8,12H,3-7H2,1-2H3,(H,10,11);4H,(H2,2,3). The van der Waals surface area contributed by atoms with Crippen LogP contribution in [0.25, 0.3) is 0 Å². The van der Waals surface area contributed by atoms with Crippen LogP contribution < -0.4 is 22.1 Å². The van der Waals surface area contributed by atoms with E-state index in [-0.39, 0.29) is 10.5 Å².